The fraction of sp³-hybridized carbons (Fsp3) is 0.588. The summed E-state index contributed by atoms with van der Waals surface area (Å²) in [5.74, 6) is -4.75. The number of carbonyl (C=O) groups excluding carboxylic acids is 6. The Kier molecular flexibility index (Phi) is 25.2. The van der Waals surface area contributed by atoms with Crippen molar-refractivity contribution in [3.8, 4) is 0 Å². The van der Waals surface area contributed by atoms with E-state index in [9.17, 15) is 39.0 Å². The van der Waals surface area contributed by atoms with Crippen LogP contribution < -0.4 is 10.2 Å². The first-order chi connectivity index (χ1) is 21.3. The fourth-order valence-corrected chi connectivity index (χ4v) is 4.17. The van der Waals surface area contributed by atoms with Crippen LogP contribution in [0.4, 0.5) is 0 Å². The molecule has 0 N–H and O–H groups in total. The largest absolute Gasteiger partial charge is 2.00 e. The molecule has 0 saturated carbocycles. The van der Waals surface area contributed by atoms with E-state index in [1.165, 1.54) is 27.7 Å². The monoisotopic (exact) mass is 674 g/mol. The third kappa shape index (κ3) is 19.1. The quantitative estimate of drug-likeness (QED) is 0.0709. The summed E-state index contributed by atoms with van der Waals surface area (Å²) in [4.78, 5) is 68.7. The Hall–Kier alpha value is -3.45. The molecule has 0 aliphatic rings. The van der Waals surface area contributed by atoms with Crippen LogP contribution in [0.5, 0.6) is 0 Å². The van der Waals surface area contributed by atoms with Crippen LogP contribution in [-0.4, -0.2) is 85.3 Å². The fourth-order valence-electron chi connectivity index (χ4n) is 4.17. The molecule has 0 atom stereocenters. The van der Waals surface area contributed by atoms with Crippen molar-refractivity contribution in [2.75, 3.05) is 26.4 Å². The minimum Gasteiger partial charge on any atom is -0.550 e. The Morgan fingerprint density at radius 3 is 0.787 bits per heavy atom. The van der Waals surface area contributed by atoms with Gasteiger partial charge in [0.25, 0.3) is 0 Å². The third-order valence-corrected chi connectivity index (χ3v) is 6.97. The Labute approximate surface area is 294 Å². The number of rotatable bonds is 22. The van der Waals surface area contributed by atoms with Crippen LogP contribution in [0.3, 0.4) is 0 Å². The van der Waals surface area contributed by atoms with Gasteiger partial charge in [-0.2, -0.15) is 0 Å². The van der Waals surface area contributed by atoms with E-state index in [0.717, 1.165) is 0 Å². The minimum atomic E-state index is -1.24. The number of aliphatic carboxylic acids is 2. The molecule has 0 radical (unpaired) electrons. The van der Waals surface area contributed by atoms with E-state index in [0.29, 0.717) is 25.7 Å². The van der Waals surface area contributed by atoms with Gasteiger partial charge in [0.1, 0.15) is 0 Å². The molecule has 0 unspecified atom stereocenters. The van der Waals surface area contributed by atoms with E-state index in [1.54, 1.807) is 0 Å². The van der Waals surface area contributed by atoms with Gasteiger partial charge in [0.2, 0.25) is 0 Å². The summed E-state index contributed by atoms with van der Waals surface area (Å²) in [6, 6.07) is 0. The van der Waals surface area contributed by atoms with Gasteiger partial charge in [0.05, 0.1) is 26.4 Å². The maximum absolute atomic E-state index is 11.6. The molecule has 0 aromatic carbocycles. The third-order valence-electron chi connectivity index (χ3n) is 6.97. The molecule has 0 aliphatic carbocycles. The average molecular weight is 675 g/mol. The molecule has 0 fully saturated rings. The zero-order valence-corrected chi connectivity index (χ0v) is 30.3. The number of esters is 4. The summed E-state index contributed by atoms with van der Waals surface area (Å²) in [5.41, 5.74) is -1.44. The van der Waals surface area contributed by atoms with Crippen molar-refractivity contribution < 1.29 is 57.9 Å². The standard InChI is InChI=1S/2C17H26O6.Mg/c2*1-6-7-17(16(20)21,8-10-22-14(18)12(2)3)9-11-23-15(19)13(4)5;/h2*2,4,6-11H2,1,3,5H3,(H,20,21);/q;;+2/p-2. The van der Waals surface area contributed by atoms with Crippen LogP contribution in [0.25, 0.3) is 0 Å². The van der Waals surface area contributed by atoms with Crippen molar-refractivity contribution >= 4 is 58.9 Å². The Morgan fingerprint density at radius 2 is 0.660 bits per heavy atom. The molecule has 0 amide bonds. The van der Waals surface area contributed by atoms with Gasteiger partial charge in [-0.05, 0) is 66.2 Å². The van der Waals surface area contributed by atoms with E-state index in [1.807, 2.05) is 13.8 Å². The summed E-state index contributed by atoms with van der Waals surface area (Å²) >= 11 is 0. The van der Waals surface area contributed by atoms with E-state index in [4.69, 9.17) is 18.9 Å². The second-order valence-corrected chi connectivity index (χ2v) is 11.3. The molecule has 13 heteroatoms. The Bertz CT molecular complexity index is 986. The second-order valence-electron chi connectivity index (χ2n) is 11.3. The maximum Gasteiger partial charge on any atom is 2.00 e. The van der Waals surface area contributed by atoms with Gasteiger partial charge in [0, 0.05) is 45.1 Å². The van der Waals surface area contributed by atoms with Crippen LogP contribution in [0.1, 0.15) is 92.9 Å². The molecule has 47 heavy (non-hydrogen) atoms. The molecular formula is C34H50MgO12. The SMILES string of the molecule is C=C(C)C(=O)OCCC(CCC)(CCOC(=O)C(=C)C)C(=O)[O-].C=C(C)C(=O)OCCC(CCC)(CCOC(=O)C(=C)C)C(=O)[O-].[Mg+2]. The molecule has 0 rings (SSSR count). The van der Waals surface area contributed by atoms with Gasteiger partial charge >= 0.3 is 46.9 Å². The van der Waals surface area contributed by atoms with Crippen molar-refractivity contribution in [1.29, 1.82) is 0 Å². The van der Waals surface area contributed by atoms with Crippen LogP contribution in [-0.2, 0) is 47.7 Å². The first-order valence-corrected chi connectivity index (χ1v) is 15.1. The van der Waals surface area contributed by atoms with E-state index in [-0.39, 0.29) is 97.5 Å². The summed E-state index contributed by atoms with van der Waals surface area (Å²) in [6.07, 6.45) is 2.25. The smallest absolute Gasteiger partial charge is 0.550 e. The molecule has 0 spiro atoms. The summed E-state index contributed by atoms with van der Waals surface area (Å²) in [7, 11) is 0. The summed E-state index contributed by atoms with van der Waals surface area (Å²) in [5, 5.41) is 23.2. The molecule has 0 saturated heterocycles. The Balaban J connectivity index is -0.000000807. The maximum atomic E-state index is 11.6. The zero-order chi connectivity index (χ0) is 36.1. The zero-order valence-electron chi connectivity index (χ0n) is 28.9. The van der Waals surface area contributed by atoms with Crippen molar-refractivity contribution in [2.24, 2.45) is 10.8 Å². The number of carboxylic acid groups (broad SMARTS) is 2. The Morgan fingerprint density at radius 1 is 0.468 bits per heavy atom. The number of carboxylic acids is 2. The molecule has 0 bridgehead atoms. The van der Waals surface area contributed by atoms with E-state index < -0.39 is 46.6 Å². The van der Waals surface area contributed by atoms with Gasteiger partial charge in [-0.3, -0.25) is 0 Å². The van der Waals surface area contributed by atoms with Gasteiger partial charge < -0.3 is 38.7 Å². The molecule has 0 aliphatic heterocycles. The molecule has 0 aromatic rings. The van der Waals surface area contributed by atoms with Gasteiger partial charge in [0.15, 0.2) is 0 Å². The summed E-state index contributed by atoms with van der Waals surface area (Å²) < 4.78 is 19.9. The molecular weight excluding hydrogens is 625 g/mol. The van der Waals surface area contributed by atoms with Gasteiger partial charge in [-0.1, -0.05) is 53.0 Å². The normalized spacial score (nSPS) is 10.5. The predicted molar refractivity (Wildman–Crippen MR) is 172 cm³/mol. The van der Waals surface area contributed by atoms with Crippen LogP contribution in [0, 0.1) is 10.8 Å². The number of hydrogen-bond donors (Lipinski definition) is 0. The average Bonchev–Trinajstić information content (AvgIpc) is 2.96. The predicted octanol–water partition coefficient (Wildman–Crippen LogP) is 2.70. The van der Waals surface area contributed by atoms with Crippen LogP contribution >= 0.6 is 0 Å². The van der Waals surface area contributed by atoms with Crippen molar-refractivity contribution in [3.63, 3.8) is 0 Å². The second kappa shape index (κ2) is 24.7. The van der Waals surface area contributed by atoms with E-state index in [2.05, 4.69) is 26.3 Å². The van der Waals surface area contributed by atoms with Crippen molar-refractivity contribution in [2.45, 2.75) is 92.9 Å². The number of carbonyl (C=O) groups is 6. The molecule has 0 aromatic heterocycles. The van der Waals surface area contributed by atoms with E-state index >= 15 is 0 Å². The van der Waals surface area contributed by atoms with Crippen molar-refractivity contribution in [3.05, 3.63) is 48.6 Å². The number of ether oxygens (including phenoxy) is 4. The molecule has 260 valence electrons. The van der Waals surface area contributed by atoms with Gasteiger partial charge in [-0.15, -0.1) is 0 Å². The molecule has 12 nitrogen and oxygen atoms in total. The van der Waals surface area contributed by atoms with Crippen LogP contribution in [0.15, 0.2) is 48.6 Å². The van der Waals surface area contributed by atoms with Crippen molar-refractivity contribution in [1.82, 2.24) is 0 Å². The minimum absolute atomic E-state index is 0. The van der Waals surface area contributed by atoms with Gasteiger partial charge in [-0.25, -0.2) is 19.2 Å². The number of hydrogen-bond acceptors (Lipinski definition) is 12. The van der Waals surface area contributed by atoms with Crippen LogP contribution in [0.2, 0.25) is 0 Å². The molecule has 0 heterocycles. The first kappa shape index (κ1) is 47.9. The first-order valence-electron chi connectivity index (χ1n) is 15.1. The summed E-state index contributed by atoms with van der Waals surface area (Å²) in [6.45, 7) is 23.3. The topological polar surface area (TPSA) is 185 Å².